The number of halogens is 1. The summed E-state index contributed by atoms with van der Waals surface area (Å²) in [6.07, 6.45) is 0.570. The van der Waals surface area contributed by atoms with Gasteiger partial charge in [-0.25, -0.2) is 4.39 Å². The van der Waals surface area contributed by atoms with Crippen LogP contribution in [0.25, 0.3) is 0 Å². The van der Waals surface area contributed by atoms with Crippen LogP contribution in [0.15, 0.2) is 18.2 Å². The number of rotatable bonds is 2. The number of fused-ring (bicyclic) bond motifs is 1. The predicted octanol–water partition coefficient (Wildman–Crippen LogP) is 1.88. The molecular formula is C11H12FNO2. The molecule has 2 N–H and O–H groups in total. The van der Waals surface area contributed by atoms with E-state index in [1.54, 1.807) is 13.0 Å². The van der Waals surface area contributed by atoms with Gasteiger partial charge in [0.15, 0.2) is 0 Å². The van der Waals surface area contributed by atoms with Crippen LogP contribution in [0.4, 0.5) is 10.1 Å². The van der Waals surface area contributed by atoms with Gasteiger partial charge < -0.3 is 10.4 Å². The van der Waals surface area contributed by atoms with Crippen molar-refractivity contribution < 1.29 is 14.3 Å². The largest absolute Gasteiger partial charge is 0.481 e. The molecule has 0 aromatic heterocycles. The number of carbonyl (C=O) groups is 1. The summed E-state index contributed by atoms with van der Waals surface area (Å²) in [5, 5.41) is 12.0. The average Bonchev–Trinajstić information content (AvgIpc) is 2.58. The first kappa shape index (κ1) is 9.96. The lowest BCUT2D eigenvalue weighted by atomic mass is 9.99. The fourth-order valence-corrected chi connectivity index (χ4v) is 1.83. The normalized spacial score (nSPS) is 20.5. The quantitative estimate of drug-likeness (QED) is 0.781. The minimum Gasteiger partial charge on any atom is -0.481 e. The van der Waals surface area contributed by atoms with Crippen LogP contribution in [0.1, 0.15) is 12.5 Å². The van der Waals surface area contributed by atoms with E-state index in [4.69, 9.17) is 5.11 Å². The van der Waals surface area contributed by atoms with Crippen LogP contribution in [-0.2, 0) is 11.2 Å². The maximum Gasteiger partial charge on any atom is 0.308 e. The Kier molecular flexibility index (Phi) is 2.34. The van der Waals surface area contributed by atoms with Gasteiger partial charge in [0.05, 0.1) is 5.92 Å². The number of carboxylic acid groups (broad SMARTS) is 1. The number of nitrogens with one attached hydrogen (secondary N) is 1. The Hall–Kier alpha value is -1.58. The summed E-state index contributed by atoms with van der Waals surface area (Å²) in [6, 6.07) is 4.34. The monoisotopic (exact) mass is 209 g/mol. The van der Waals surface area contributed by atoms with Crippen LogP contribution in [0.3, 0.4) is 0 Å². The van der Waals surface area contributed by atoms with Crippen LogP contribution >= 0.6 is 0 Å². The highest BCUT2D eigenvalue weighted by molar-refractivity contribution is 5.72. The molecule has 80 valence electrons. The number of hydrogen-bond donors (Lipinski definition) is 2. The fourth-order valence-electron chi connectivity index (χ4n) is 1.83. The molecule has 2 unspecified atom stereocenters. The molecule has 0 spiro atoms. The summed E-state index contributed by atoms with van der Waals surface area (Å²) >= 11 is 0. The first-order chi connectivity index (χ1) is 7.08. The van der Waals surface area contributed by atoms with Crippen molar-refractivity contribution in [1.82, 2.24) is 0 Å². The summed E-state index contributed by atoms with van der Waals surface area (Å²) in [7, 11) is 0. The Morgan fingerprint density at radius 3 is 3.07 bits per heavy atom. The lowest BCUT2D eigenvalue weighted by Crippen LogP contribution is -2.30. The smallest absolute Gasteiger partial charge is 0.308 e. The zero-order valence-corrected chi connectivity index (χ0v) is 8.33. The predicted molar refractivity (Wildman–Crippen MR) is 54.3 cm³/mol. The van der Waals surface area contributed by atoms with E-state index >= 15 is 0 Å². The van der Waals surface area contributed by atoms with Crippen molar-refractivity contribution in [3.63, 3.8) is 0 Å². The van der Waals surface area contributed by atoms with Gasteiger partial charge in [0.1, 0.15) is 5.82 Å². The second-order valence-corrected chi connectivity index (χ2v) is 3.88. The third-order valence-corrected chi connectivity index (χ3v) is 2.84. The number of anilines is 1. The Morgan fingerprint density at radius 2 is 2.40 bits per heavy atom. The van der Waals surface area contributed by atoms with Crippen LogP contribution < -0.4 is 5.32 Å². The van der Waals surface area contributed by atoms with Crippen molar-refractivity contribution in [2.24, 2.45) is 5.92 Å². The van der Waals surface area contributed by atoms with Gasteiger partial charge in [0, 0.05) is 11.7 Å². The first-order valence-electron chi connectivity index (χ1n) is 4.85. The molecule has 0 amide bonds. The molecule has 3 nitrogen and oxygen atoms in total. The second kappa shape index (κ2) is 3.53. The third-order valence-electron chi connectivity index (χ3n) is 2.84. The molecule has 0 saturated heterocycles. The van der Waals surface area contributed by atoms with E-state index < -0.39 is 11.9 Å². The molecule has 1 aliphatic heterocycles. The molecule has 0 radical (unpaired) electrons. The topological polar surface area (TPSA) is 49.3 Å². The van der Waals surface area contributed by atoms with Crippen LogP contribution in [0, 0.1) is 11.7 Å². The van der Waals surface area contributed by atoms with E-state index in [1.807, 2.05) is 0 Å². The molecule has 15 heavy (non-hydrogen) atoms. The Balaban J connectivity index is 2.19. The molecule has 0 saturated carbocycles. The molecule has 1 aromatic rings. The lowest BCUT2D eigenvalue weighted by Gasteiger charge is -2.15. The number of hydrogen-bond acceptors (Lipinski definition) is 2. The van der Waals surface area contributed by atoms with E-state index in [2.05, 4.69) is 5.32 Å². The van der Waals surface area contributed by atoms with Crippen molar-refractivity contribution in [2.75, 3.05) is 5.32 Å². The van der Waals surface area contributed by atoms with Crippen LogP contribution in [-0.4, -0.2) is 17.1 Å². The van der Waals surface area contributed by atoms with Crippen LogP contribution in [0.2, 0.25) is 0 Å². The van der Waals surface area contributed by atoms with Crippen molar-refractivity contribution >= 4 is 11.7 Å². The Morgan fingerprint density at radius 1 is 1.67 bits per heavy atom. The molecular weight excluding hydrogens is 197 g/mol. The molecule has 4 heteroatoms. The standard InChI is InChI=1S/C11H12FNO2/c1-6(11(14)15)10-5-7-4-8(12)2-3-9(7)13-10/h2-4,6,10,13H,5H2,1H3,(H,14,15). The maximum absolute atomic E-state index is 12.9. The van der Waals surface area contributed by atoms with Crippen LogP contribution in [0.5, 0.6) is 0 Å². The minimum atomic E-state index is -0.833. The Bertz CT molecular complexity index is 406. The Labute approximate surface area is 86.9 Å². The van der Waals surface area contributed by atoms with Crippen molar-refractivity contribution in [3.05, 3.63) is 29.6 Å². The van der Waals surface area contributed by atoms with E-state index in [1.165, 1.54) is 12.1 Å². The maximum atomic E-state index is 12.9. The molecule has 0 fully saturated rings. The highest BCUT2D eigenvalue weighted by Crippen LogP contribution is 2.29. The molecule has 0 aliphatic carbocycles. The zero-order valence-electron chi connectivity index (χ0n) is 8.33. The van der Waals surface area contributed by atoms with E-state index in [0.717, 1.165) is 11.3 Å². The molecule has 1 heterocycles. The van der Waals surface area contributed by atoms with E-state index in [9.17, 15) is 9.18 Å². The minimum absolute atomic E-state index is 0.140. The number of benzene rings is 1. The van der Waals surface area contributed by atoms with E-state index in [0.29, 0.717) is 6.42 Å². The van der Waals surface area contributed by atoms with Gasteiger partial charge in [-0.3, -0.25) is 4.79 Å². The number of aliphatic carboxylic acids is 1. The second-order valence-electron chi connectivity index (χ2n) is 3.88. The zero-order chi connectivity index (χ0) is 11.0. The highest BCUT2D eigenvalue weighted by atomic mass is 19.1. The van der Waals surface area contributed by atoms with Crippen molar-refractivity contribution in [3.8, 4) is 0 Å². The fraction of sp³-hybridized carbons (Fsp3) is 0.364. The van der Waals surface area contributed by atoms with Gasteiger partial charge in [0.25, 0.3) is 0 Å². The van der Waals surface area contributed by atoms with E-state index in [-0.39, 0.29) is 11.9 Å². The molecule has 1 aliphatic rings. The number of carboxylic acids is 1. The summed E-state index contributed by atoms with van der Waals surface area (Å²) in [5.74, 6) is -1.58. The highest BCUT2D eigenvalue weighted by Gasteiger charge is 2.29. The van der Waals surface area contributed by atoms with Gasteiger partial charge in [-0.2, -0.15) is 0 Å². The van der Waals surface area contributed by atoms with Crippen molar-refractivity contribution in [1.29, 1.82) is 0 Å². The first-order valence-corrected chi connectivity index (χ1v) is 4.85. The summed E-state index contributed by atoms with van der Waals surface area (Å²) in [4.78, 5) is 10.8. The van der Waals surface area contributed by atoms with Gasteiger partial charge in [-0.05, 0) is 37.1 Å². The SMILES string of the molecule is CC(C(=O)O)C1Cc2cc(F)ccc2N1. The molecule has 1 aromatic carbocycles. The average molecular weight is 209 g/mol. The van der Waals surface area contributed by atoms with Gasteiger partial charge >= 0.3 is 5.97 Å². The lowest BCUT2D eigenvalue weighted by molar-refractivity contribution is -0.141. The summed E-state index contributed by atoms with van der Waals surface area (Å²) in [6.45, 7) is 1.65. The van der Waals surface area contributed by atoms with Crippen molar-refractivity contribution in [2.45, 2.75) is 19.4 Å². The molecule has 2 rings (SSSR count). The van der Waals surface area contributed by atoms with Gasteiger partial charge in [-0.1, -0.05) is 0 Å². The molecule has 2 atom stereocenters. The molecule has 0 bridgehead atoms. The van der Waals surface area contributed by atoms with Gasteiger partial charge in [0.2, 0.25) is 0 Å². The summed E-state index contributed by atoms with van der Waals surface area (Å²) in [5.41, 5.74) is 1.70. The summed E-state index contributed by atoms with van der Waals surface area (Å²) < 4.78 is 12.9. The van der Waals surface area contributed by atoms with Gasteiger partial charge in [-0.15, -0.1) is 0 Å². The third kappa shape index (κ3) is 1.79.